The molecule has 7 heteroatoms. The molecule has 0 saturated carbocycles. The first-order chi connectivity index (χ1) is 15.7. The van der Waals surface area contributed by atoms with Gasteiger partial charge in [0.1, 0.15) is 17.2 Å². The number of fused-ring (bicyclic) bond motifs is 2. The number of rotatable bonds is 5. The van der Waals surface area contributed by atoms with E-state index in [0.29, 0.717) is 12.3 Å². The smallest absolute Gasteiger partial charge is 0.231 e. The molecule has 0 amide bonds. The van der Waals surface area contributed by atoms with Crippen LogP contribution in [0, 0.1) is 0 Å². The van der Waals surface area contributed by atoms with E-state index in [4.69, 9.17) is 18.9 Å². The Morgan fingerprint density at radius 3 is 2.75 bits per heavy atom. The summed E-state index contributed by atoms with van der Waals surface area (Å²) in [5, 5.41) is 10.8. The zero-order valence-corrected chi connectivity index (χ0v) is 18.9. The summed E-state index contributed by atoms with van der Waals surface area (Å²) in [7, 11) is 3.31. The number of methoxy groups -OCH3 is 2. The predicted molar refractivity (Wildman–Crippen MR) is 124 cm³/mol. The molecule has 32 heavy (non-hydrogen) atoms. The van der Waals surface area contributed by atoms with Gasteiger partial charge in [0.05, 0.1) is 32.0 Å². The van der Waals surface area contributed by atoms with Crippen molar-refractivity contribution >= 4 is 17.4 Å². The summed E-state index contributed by atoms with van der Waals surface area (Å²) in [4.78, 5) is 3.44. The second kappa shape index (κ2) is 8.74. The van der Waals surface area contributed by atoms with Crippen molar-refractivity contribution in [3.05, 3.63) is 65.7 Å². The maximum Gasteiger partial charge on any atom is 0.231 e. The molecule has 0 aliphatic carbocycles. The summed E-state index contributed by atoms with van der Waals surface area (Å²) >= 11 is 1.82. The zero-order chi connectivity index (χ0) is 22.1. The Balaban J connectivity index is 1.50. The van der Waals surface area contributed by atoms with E-state index >= 15 is 0 Å². The van der Waals surface area contributed by atoms with E-state index in [1.54, 1.807) is 26.4 Å². The molecule has 0 aromatic heterocycles. The molecule has 0 bridgehead atoms. The molecule has 6 nitrogen and oxygen atoms in total. The van der Waals surface area contributed by atoms with Gasteiger partial charge in [-0.05, 0) is 54.4 Å². The number of thioether (sulfide) groups is 1. The van der Waals surface area contributed by atoms with Gasteiger partial charge in [-0.2, -0.15) is 0 Å². The molecular weight excluding hydrogens is 426 g/mol. The van der Waals surface area contributed by atoms with E-state index in [1.807, 2.05) is 30.0 Å². The third kappa shape index (κ3) is 3.88. The minimum Gasteiger partial charge on any atom is -0.507 e. The standard InChI is InChI=1S/C25H25NO5S/c1-28-17-7-8-19-25(13-17)32-24(16-6-9-22-23(12-16)31-15-30-22)10-11-26(19)14-18-20(27)4-3-5-21(18)29-2/h3-9,12-13,24,27H,10-11,14-15H2,1-2H3/t24-/m1/s1. The Hall–Kier alpha value is -3.19. The second-order valence-corrected chi connectivity index (χ2v) is 8.97. The Bertz CT molecular complexity index is 1140. The van der Waals surface area contributed by atoms with Gasteiger partial charge in [0, 0.05) is 16.7 Å². The number of hydrogen-bond acceptors (Lipinski definition) is 7. The van der Waals surface area contributed by atoms with E-state index in [-0.39, 0.29) is 17.8 Å². The number of phenols is 1. The number of phenolic OH excluding ortho intramolecular Hbond substituents is 1. The minimum atomic E-state index is 0.239. The van der Waals surface area contributed by atoms with Gasteiger partial charge in [0.2, 0.25) is 6.79 Å². The monoisotopic (exact) mass is 451 g/mol. The van der Waals surface area contributed by atoms with Crippen LogP contribution in [0.25, 0.3) is 0 Å². The van der Waals surface area contributed by atoms with Crippen LogP contribution in [0.2, 0.25) is 0 Å². The molecule has 0 radical (unpaired) electrons. The van der Waals surface area contributed by atoms with Crippen LogP contribution in [0.5, 0.6) is 28.7 Å². The highest BCUT2D eigenvalue weighted by atomic mass is 32.2. The lowest BCUT2D eigenvalue weighted by Gasteiger charge is -2.26. The van der Waals surface area contributed by atoms with Crippen LogP contribution in [-0.2, 0) is 6.54 Å². The van der Waals surface area contributed by atoms with Crippen LogP contribution < -0.4 is 23.8 Å². The highest BCUT2D eigenvalue weighted by Crippen LogP contribution is 2.48. The quantitative estimate of drug-likeness (QED) is 0.559. The lowest BCUT2D eigenvalue weighted by atomic mass is 10.1. The molecule has 1 atom stereocenters. The molecule has 0 saturated heterocycles. The summed E-state index contributed by atoms with van der Waals surface area (Å²) in [6.45, 7) is 1.64. The van der Waals surface area contributed by atoms with Crippen LogP contribution in [-0.4, -0.2) is 32.7 Å². The largest absolute Gasteiger partial charge is 0.507 e. The first-order valence-corrected chi connectivity index (χ1v) is 11.4. The first-order valence-electron chi connectivity index (χ1n) is 10.5. The molecule has 3 aromatic rings. The van der Waals surface area contributed by atoms with Crippen molar-refractivity contribution in [2.45, 2.75) is 23.1 Å². The normalized spacial score (nSPS) is 16.9. The number of anilines is 1. The molecule has 5 rings (SSSR count). The van der Waals surface area contributed by atoms with Gasteiger partial charge in [-0.25, -0.2) is 0 Å². The predicted octanol–water partition coefficient (Wildman–Crippen LogP) is 5.38. The molecule has 3 aromatic carbocycles. The Morgan fingerprint density at radius 1 is 1.03 bits per heavy atom. The molecule has 2 aliphatic heterocycles. The van der Waals surface area contributed by atoms with E-state index in [2.05, 4.69) is 29.2 Å². The molecule has 1 N–H and O–H groups in total. The zero-order valence-electron chi connectivity index (χ0n) is 18.0. The highest BCUT2D eigenvalue weighted by Gasteiger charge is 2.27. The topological polar surface area (TPSA) is 60.4 Å². The SMILES string of the molecule is COc1ccc2c(c1)S[C@@H](c1ccc3c(c1)OCO3)CCN2Cc1c(O)cccc1OC. The van der Waals surface area contributed by atoms with Crippen LogP contribution in [0.3, 0.4) is 0 Å². The van der Waals surface area contributed by atoms with Crippen LogP contribution in [0.15, 0.2) is 59.5 Å². The molecule has 2 heterocycles. The second-order valence-electron chi connectivity index (χ2n) is 7.72. The Morgan fingerprint density at radius 2 is 1.91 bits per heavy atom. The summed E-state index contributed by atoms with van der Waals surface area (Å²) in [5.74, 6) is 3.34. The van der Waals surface area contributed by atoms with Crippen molar-refractivity contribution in [1.82, 2.24) is 0 Å². The van der Waals surface area contributed by atoms with Gasteiger partial charge in [-0.15, -0.1) is 11.8 Å². The third-order valence-electron chi connectivity index (χ3n) is 5.88. The van der Waals surface area contributed by atoms with Gasteiger partial charge >= 0.3 is 0 Å². The van der Waals surface area contributed by atoms with Crippen molar-refractivity contribution in [1.29, 1.82) is 0 Å². The average molecular weight is 452 g/mol. The summed E-state index contributed by atoms with van der Waals surface area (Å²) in [5.41, 5.74) is 3.10. The summed E-state index contributed by atoms with van der Waals surface area (Å²) < 4.78 is 22.1. The van der Waals surface area contributed by atoms with Crippen LogP contribution in [0.4, 0.5) is 5.69 Å². The minimum absolute atomic E-state index is 0.239. The number of nitrogens with zero attached hydrogens (tertiary/aromatic N) is 1. The fraction of sp³-hybridized carbons (Fsp3) is 0.280. The van der Waals surface area contributed by atoms with Gasteiger partial charge in [0.25, 0.3) is 0 Å². The highest BCUT2D eigenvalue weighted by molar-refractivity contribution is 7.99. The Labute approximate surface area is 191 Å². The maximum absolute atomic E-state index is 10.5. The van der Waals surface area contributed by atoms with Crippen LogP contribution in [0.1, 0.15) is 22.8 Å². The van der Waals surface area contributed by atoms with E-state index in [9.17, 15) is 5.11 Å². The van der Waals surface area contributed by atoms with Crippen molar-refractivity contribution in [3.63, 3.8) is 0 Å². The van der Waals surface area contributed by atoms with E-state index < -0.39 is 0 Å². The summed E-state index contributed by atoms with van der Waals surface area (Å²) in [6.07, 6.45) is 0.928. The van der Waals surface area contributed by atoms with Crippen molar-refractivity contribution in [2.24, 2.45) is 0 Å². The number of benzene rings is 3. The van der Waals surface area contributed by atoms with E-state index in [1.165, 1.54) is 5.56 Å². The van der Waals surface area contributed by atoms with Gasteiger partial charge in [-0.1, -0.05) is 12.1 Å². The summed E-state index contributed by atoms with van der Waals surface area (Å²) in [6, 6.07) is 17.7. The number of ether oxygens (including phenoxy) is 4. The first kappa shape index (κ1) is 20.7. The lowest BCUT2D eigenvalue weighted by Crippen LogP contribution is -2.24. The third-order valence-corrected chi connectivity index (χ3v) is 7.26. The number of aromatic hydroxyl groups is 1. The molecule has 166 valence electrons. The van der Waals surface area contributed by atoms with Crippen molar-refractivity contribution in [2.75, 3.05) is 32.5 Å². The van der Waals surface area contributed by atoms with Gasteiger partial charge in [-0.3, -0.25) is 0 Å². The lowest BCUT2D eigenvalue weighted by molar-refractivity contribution is 0.174. The fourth-order valence-electron chi connectivity index (χ4n) is 4.19. The van der Waals surface area contributed by atoms with E-state index in [0.717, 1.165) is 46.4 Å². The molecule has 0 fully saturated rings. The molecule has 0 unspecified atom stereocenters. The Kier molecular flexibility index (Phi) is 5.66. The van der Waals surface area contributed by atoms with Crippen molar-refractivity contribution < 1.29 is 24.1 Å². The molecule has 0 spiro atoms. The van der Waals surface area contributed by atoms with Crippen molar-refractivity contribution in [3.8, 4) is 28.7 Å². The molecular formula is C25H25NO5S. The van der Waals surface area contributed by atoms with Gasteiger partial charge < -0.3 is 29.0 Å². The maximum atomic E-state index is 10.5. The average Bonchev–Trinajstić information content (AvgIpc) is 3.22. The fourth-order valence-corrected chi connectivity index (χ4v) is 5.50. The van der Waals surface area contributed by atoms with Crippen LogP contribution >= 0.6 is 11.8 Å². The van der Waals surface area contributed by atoms with Gasteiger partial charge in [0.15, 0.2) is 11.5 Å². The molecule has 2 aliphatic rings. The number of hydrogen-bond donors (Lipinski definition) is 1.